The minimum atomic E-state index is -4.96. The molecule has 0 saturated heterocycles. The average Bonchev–Trinajstić information content (AvgIpc) is 2.40. The average molecular weight is 313 g/mol. The molecule has 9 heteroatoms. The summed E-state index contributed by atoms with van der Waals surface area (Å²) >= 11 is 0. The number of allylic oxidation sites excluding steroid dienone is 1. The van der Waals surface area contributed by atoms with Crippen LogP contribution in [0, 0.1) is 0 Å². The van der Waals surface area contributed by atoms with Gasteiger partial charge in [-0.3, -0.25) is 9.59 Å². The van der Waals surface area contributed by atoms with Crippen LogP contribution in [-0.2, 0) is 19.6 Å². The van der Waals surface area contributed by atoms with E-state index in [0.717, 1.165) is 19.2 Å². The predicted molar refractivity (Wildman–Crippen MR) is 70.8 cm³/mol. The van der Waals surface area contributed by atoms with Gasteiger partial charge in [0.05, 0.1) is 17.6 Å². The van der Waals surface area contributed by atoms with E-state index >= 15 is 0 Å². The van der Waals surface area contributed by atoms with Crippen molar-refractivity contribution in [2.24, 2.45) is 0 Å². The van der Waals surface area contributed by atoms with Crippen molar-refractivity contribution in [3.8, 4) is 0 Å². The lowest BCUT2D eigenvalue weighted by Gasteiger charge is -2.19. The number of hydrogen-bond donors (Lipinski definition) is 1. The highest BCUT2D eigenvalue weighted by atomic mass is 32.2. The van der Waals surface area contributed by atoms with Crippen LogP contribution in [0.3, 0.4) is 0 Å². The van der Waals surface area contributed by atoms with E-state index in [1.807, 2.05) is 0 Å². The summed E-state index contributed by atoms with van der Waals surface area (Å²) in [4.78, 5) is 33.6. The highest BCUT2D eigenvalue weighted by Crippen LogP contribution is 2.29. The normalized spacial score (nSPS) is 13.9. The van der Waals surface area contributed by atoms with Crippen molar-refractivity contribution in [3.05, 3.63) is 41.0 Å². The smallest absolute Gasteiger partial charge is 0.337 e. The Bertz CT molecular complexity index is 777. The summed E-state index contributed by atoms with van der Waals surface area (Å²) in [5.74, 6) is -2.80. The lowest BCUT2D eigenvalue weighted by atomic mass is 9.93. The van der Waals surface area contributed by atoms with Crippen LogP contribution in [0.2, 0.25) is 0 Å². The lowest BCUT2D eigenvalue weighted by Crippen LogP contribution is -2.22. The zero-order chi connectivity index (χ0) is 15.1. The molecule has 1 aromatic rings. The Morgan fingerprint density at radius 3 is 2.33 bits per heavy atom. The first-order valence-corrected chi connectivity index (χ1v) is 6.65. The summed E-state index contributed by atoms with van der Waals surface area (Å²) in [5.41, 5.74) is -0.546. The third-order valence-corrected chi connectivity index (χ3v) is 3.58. The summed E-state index contributed by atoms with van der Waals surface area (Å²) in [6, 6.07) is 3.35. The first kappa shape index (κ1) is 16.7. The van der Waals surface area contributed by atoms with Crippen LogP contribution < -0.4 is 6.15 Å². The molecule has 21 heavy (non-hydrogen) atoms. The van der Waals surface area contributed by atoms with Crippen LogP contribution in [0.1, 0.15) is 26.3 Å². The molecule has 1 aliphatic rings. The molecule has 0 bridgehead atoms. The van der Waals surface area contributed by atoms with E-state index in [1.165, 1.54) is 6.07 Å². The van der Waals surface area contributed by atoms with Crippen molar-refractivity contribution in [1.29, 1.82) is 0 Å². The molecule has 1 aliphatic carbocycles. The Kier molecular flexibility index (Phi) is 4.42. The van der Waals surface area contributed by atoms with E-state index in [4.69, 9.17) is 0 Å². The number of Topliss-reactive ketones (excluding diaryl/α,β-unsaturated/α-hetero) is 1. The van der Waals surface area contributed by atoms with Crippen molar-refractivity contribution in [2.75, 3.05) is 7.11 Å². The molecule has 0 aromatic heterocycles. The number of esters is 1. The maximum Gasteiger partial charge on any atom is 0.337 e. The topological polar surface area (TPSA) is 154 Å². The number of fused-ring (bicyclic) bond motifs is 1. The quantitative estimate of drug-likeness (QED) is 0.473. The number of carbonyl (C=O) groups excluding carboxylic acids is 3. The molecule has 0 atom stereocenters. The van der Waals surface area contributed by atoms with E-state index in [9.17, 15) is 27.4 Å². The maximum atomic E-state index is 11.6. The monoisotopic (exact) mass is 313 g/mol. The molecular formula is C12H11NO7S. The Hall–Kier alpha value is -2.36. The molecule has 2 rings (SSSR count). The van der Waals surface area contributed by atoms with Crippen molar-refractivity contribution in [1.82, 2.24) is 6.15 Å². The van der Waals surface area contributed by atoms with Crippen LogP contribution in [0.5, 0.6) is 0 Å². The van der Waals surface area contributed by atoms with Gasteiger partial charge in [-0.25, -0.2) is 13.2 Å². The van der Waals surface area contributed by atoms with Crippen LogP contribution in [0.15, 0.2) is 24.3 Å². The molecule has 4 N–H and O–H groups in total. The molecule has 112 valence electrons. The lowest BCUT2D eigenvalue weighted by molar-refractivity contribution is -0.111. The van der Waals surface area contributed by atoms with E-state index < -0.39 is 32.6 Å². The van der Waals surface area contributed by atoms with Crippen molar-refractivity contribution in [2.45, 2.75) is 0 Å². The molecule has 0 heterocycles. The zero-order valence-corrected chi connectivity index (χ0v) is 11.9. The second kappa shape index (κ2) is 5.56. The molecule has 8 nitrogen and oxygen atoms in total. The summed E-state index contributed by atoms with van der Waals surface area (Å²) in [6.45, 7) is 0. The van der Waals surface area contributed by atoms with Gasteiger partial charge < -0.3 is 15.4 Å². The fraction of sp³-hybridized carbons (Fsp3) is 0.0833. The molecule has 0 unspecified atom stereocenters. The fourth-order valence-electron chi connectivity index (χ4n) is 1.79. The minimum absolute atomic E-state index is 0. The number of ketones is 2. The van der Waals surface area contributed by atoms with Gasteiger partial charge in [-0.1, -0.05) is 0 Å². The van der Waals surface area contributed by atoms with Crippen LogP contribution in [0.25, 0.3) is 4.91 Å². The highest BCUT2D eigenvalue weighted by Gasteiger charge is 2.29. The van der Waals surface area contributed by atoms with Crippen LogP contribution >= 0.6 is 0 Å². The van der Waals surface area contributed by atoms with Crippen molar-refractivity contribution >= 4 is 32.6 Å². The third-order valence-electron chi connectivity index (χ3n) is 2.71. The maximum absolute atomic E-state index is 11.6. The van der Waals surface area contributed by atoms with Crippen LogP contribution in [-0.4, -0.2) is 37.6 Å². The Balaban J connectivity index is 0.00000220. The second-order valence-corrected chi connectivity index (χ2v) is 5.26. The number of quaternary nitrogens is 1. The first-order chi connectivity index (χ1) is 9.25. The fourth-order valence-corrected chi connectivity index (χ4v) is 2.48. The largest absolute Gasteiger partial charge is 0.744 e. The van der Waals surface area contributed by atoms with Gasteiger partial charge >= 0.3 is 5.97 Å². The Morgan fingerprint density at radius 1 is 1.19 bits per heavy atom. The highest BCUT2D eigenvalue weighted by molar-refractivity contribution is 7.95. The number of carbonyl (C=O) groups is 3. The SMILES string of the molecule is COC(=O)c1ccc2c(c1)C(S(=O)(=O)[O-])=CC(=O)C2=O.[NH4+]. The summed E-state index contributed by atoms with van der Waals surface area (Å²) in [5, 5.41) is 0. The molecule has 0 aliphatic heterocycles. The van der Waals surface area contributed by atoms with Gasteiger partial charge in [-0.2, -0.15) is 0 Å². The minimum Gasteiger partial charge on any atom is -0.744 e. The van der Waals surface area contributed by atoms with Gasteiger partial charge in [-0.05, 0) is 18.2 Å². The molecule has 0 spiro atoms. The summed E-state index contributed by atoms with van der Waals surface area (Å²) < 4.78 is 37.9. The summed E-state index contributed by atoms with van der Waals surface area (Å²) in [6.07, 6.45) is 0.466. The van der Waals surface area contributed by atoms with E-state index in [2.05, 4.69) is 4.74 Å². The standard InChI is InChI=1S/C12H8O7S.H3N/c1-19-12(15)6-2-3-7-8(4-6)10(20(16,17)18)5-9(13)11(7)14;/h2-5H,1H3,(H,16,17,18);1H3. The second-order valence-electron chi connectivity index (χ2n) is 3.91. The first-order valence-electron chi connectivity index (χ1n) is 5.24. The molecule has 0 radical (unpaired) electrons. The summed E-state index contributed by atoms with van der Waals surface area (Å²) in [7, 11) is -3.84. The number of methoxy groups -OCH3 is 1. The van der Waals surface area contributed by atoms with Crippen molar-refractivity contribution in [3.63, 3.8) is 0 Å². The van der Waals surface area contributed by atoms with Crippen LogP contribution in [0.4, 0.5) is 0 Å². The van der Waals surface area contributed by atoms with E-state index in [1.54, 1.807) is 0 Å². The number of benzene rings is 1. The number of hydrogen-bond acceptors (Lipinski definition) is 7. The molecule has 0 fully saturated rings. The molecule has 0 saturated carbocycles. The van der Waals surface area contributed by atoms with Gasteiger partial charge in [0.2, 0.25) is 11.6 Å². The van der Waals surface area contributed by atoms with Crippen molar-refractivity contribution < 1.29 is 32.1 Å². The van der Waals surface area contributed by atoms with Gasteiger partial charge in [0.25, 0.3) is 0 Å². The van der Waals surface area contributed by atoms with E-state index in [0.29, 0.717) is 6.08 Å². The Labute approximate surface area is 119 Å². The van der Waals surface area contributed by atoms with Gasteiger partial charge in [-0.15, -0.1) is 0 Å². The molecule has 0 amide bonds. The molecule has 1 aromatic carbocycles. The Morgan fingerprint density at radius 2 is 1.81 bits per heavy atom. The van der Waals surface area contributed by atoms with Gasteiger partial charge in [0.1, 0.15) is 10.1 Å². The number of rotatable bonds is 2. The number of ether oxygens (including phenoxy) is 1. The predicted octanol–water partition coefficient (Wildman–Crippen LogP) is 0.501. The van der Waals surface area contributed by atoms with Gasteiger partial charge in [0.15, 0.2) is 0 Å². The molecular weight excluding hydrogens is 302 g/mol. The third kappa shape index (κ3) is 2.89. The van der Waals surface area contributed by atoms with Gasteiger partial charge in [0, 0.05) is 17.2 Å². The van der Waals surface area contributed by atoms with E-state index in [-0.39, 0.29) is 22.8 Å². The zero-order valence-electron chi connectivity index (χ0n) is 11.1.